The molecule has 142 valence electrons. The number of fused-ring (bicyclic) bond motifs is 1. The Labute approximate surface area is 162 Å². The molecule has 3 rings (SSSR count). The number of amides is 2. The molecular weight excluding hydrogens is 358 g/mol. The Balaban J connectivity index is 1.74. The van der Waals surface area contributed by atoms with E-state index in [0.29, 0.717) is 5.56 Å². The van der Waals surface area contributed by atoms with Gasteiger partial charge in [-0.05, 0) is 43.7 Å². The zero-order valence-corrected chi connectivity index (χ0v) is 15.7. The highest BCUT2D eigenvalue weighted by Gasteiger charge is 2.35. The molecule has 0 spiro atoms. The molecule has 1 aliphatic heterocycles. The van der Waals surface area contributed by atoms with Gasteiger partial charge in [-0.2, -0.15) is 0 Å². The van der Waals surface area contributed by atoms with Gasteiger partial charge in [-0.3, -0.25) is 19.3 Å². The van der Waals surface area contributed by atoms with Gasteiger partial charge in [0.25, 0.3) is 11.8 Å². The second-order valence-corrected chi connectivity index (χ2v) is 6.59. The third-order valence-corrected chi connectivity index (χ3v) is 4.55. The van der Waals surface area contributed by atoms with Crippen molar-refractivity contribution in [2.75, 3.05) is 13.2 Å². The highest BCUT2D eigenvalue weighted by Crippen LogP contribution is 2.24. The topological polar surface area (TPSA) is 80.8 Å². The molecule has 0 N–H and O–H groups in total. The van der Waals surface area contributed by atoms with Crippen molar-refractivity contribution >= 4 is 23.6 Å². The fourth-order valence-corrected chi connectivity index (χ4v) is 3.04. The van der Waals surface area contributed by atoms with Crippen molar-refractivity contribution in [3.05, 3.63) is 82.4 Å². The molecule has 1 aliphatic rings. The zero-order chi connectivity index (χ0) is 20.4. The van der Waals surface area contributed by atoms with Crippen LogP contribution in [0.25, 0.3) is 0 Å². The molecule has 0 radical (unpaired) electrons. The number of benzene rings is 2. The summed E-state index contributed by atoms with van der Waals surface area (Å²) in [5.74, 6) is -1.95. The number of carbonyl (C=O) groups is 4. The van der Waals surface area contributed by atoms with Gasteiger partial charge in [0.1, 0.15) is 0 Å². The van der Waals surface area contributed by atoms with Gasteiger partial charge in [-0.15, -0.1) is 6.58 Å². The highest BCUT2D eigenvalue weighted by atomic mass is 16.5. The lowest BCUT2D eigenvalue weighted by Crippen LogP contribution is -2.29. The Morgan fingerprint density at radius 3 is 2.46 bits per heavy atom. The number of carbonyl (C=O) groups excluding carboxylic acids is 4. The Hall–Kier alpha value is -3.54. The first-order valence-electron chi connectivity index (χ1n) is 8.72. The number of Topliss-reactive ketones (excluding diaryl/α,β-unsaturated/α-hetero) is 1. The Bertz CT molecular complexity index is 1020. The Morgan fingerprint density at radius 1 is 1.04 bits per heavy atom. The number of imide groups is 1. The number of nitrogens with zero attached hydrogens (tertiary/aromatic N) is 1. The van der Waals surface area contributed by atoms with Crippen LogP contribution in [0.2, 0.25) is 0 Å². The van der Waals surface area contributed by atoms with Crippen LogP contribution in [-0.4, -0.2) is 41.6 Å². The van der Waals surface area contributed by atoms with E-state index in [9.17, 15) is 19.2 Å². The smallest absolute Gasteiger partial charge is 0.338 e. The fraction of sp³-hybridized carbons (Fsp3) is 0.182. The monoisotopic (exact) mass is 377 g/mol. The summed E-state index contributed by atoms with van der Waals surface area (Å²) < 4.78 is 5.12. The summed E-state index contributed by atoms with van der Waals surface area (Å²) in [5.41, 5.74) is 2.72. The van der Waals surface area contributed by atoms with Crippen LogP contribution in [0.5, 0.6) is 0 Å². The molecule has 0 saturated carbocycles. The Morgan fingerprint density at radius 2 is 1.75 bits per heavy atom. The maximum atomic E-state index is 12.4. The molecule has 2 aromatic carbocycles. The Kier molecular flexibility index (Phi) is 5.22. The van der Waals surface area contributed by atoms with E-state index in [-0.39, 0.29) is 29.0 Å². The van der Waals surface area contributed by atoms with Crippen molar-refractivity contribution in [1.29, 1.82) is 0 Å². The van der Waals surface area contributed by atoms with Crippen LogP contribution < -0.4 is 0 Å². The summed E-state index contributed by atoms with van der Waals surface area (Å²) in [4.78, 5) is 50.3. The summed E-state index contributed by atoms with van der Waals surface area (Å²) in [6.45, 7) is 6.90. The first-order chi connectivity index (χ1) is 13.3. The molecule has 2 aromatic rings. The minimum Gasteiger partial charge on any atom is -0.454 e. The van der Waals surface area contributed by atoms with Crippen LogP contribution in [0.1, 0.15) is 52.6 Å². The quantitative estimate of drug-likeness (QED) is 0.334. The van der Waals surface area contributed by atoms with Crippen molar-refractivity contribution in [3.63, 3.8) is 0 Å². The maximum Gasteiger partial charge on any atom is 0.338 e. The molecule has 6 nitrogen and oxygen atoms in total. The number of ketones is 1. The molecule has 0 atom stereocenters. The van der Waals surface area contributed by atoms with Gasteiger partial charge < -0.3 is 4.74 Å². The first-order valence-corrected chi connectivity index (χ1v) is 8.72. The van der Waals surface area contributed by atoms with E-state index in [1.165, 1.54) is 24.3 Å². The van der Waals surface area contributed by atoms with Crippen molar-refractivity contribution in [1.82, 2.24) is 4.90 Å². The summed E-state index contributed by atoms with van der Waals surface area (Å²) in [5, 5.41) is 0. The van der Waals surface area contributed by atoms with E-state index in [0.717, 1.165) is 16.0 Å². The highest BCUT2D eigenvalue weighted by molar-refractivity contribution is 6.22. The summed E-state index contributed by atoms with van der Waals surface area (Å²) >= 11 is 0. The van der Waals surface area contributed by atoms with Crippen molar-refractivity contribution in [2.45, 2.75) is 13.8 Å². The van der Waals surface area contributed by atoms with Gasteiger partial charge in [0.2, 0.25) is 5.78 Å². The predicted octanol–water partition coefficient (Wildman–Crippen LogP) is 3.13. The largest absolute Gasteiger partial charge is 0.454 e. The summed E-state index contributed by atoms with van der Waals surface area (Å²) in [7, 11) is 0. The molecule has 0 aliphatic carbocycles. The van der Waals surface area contributed by atoms with Crippen molar-refractivity contribution in [3.8, 4) is 0 Å². The summed E-state index contributed by atoms with van der Waals surface area (Å²) in [6, 6.07) is 9.63. The minimum atomic E-state index is -0.733. The van der Waals surface area contributed by atoms with E-state index in [1.807, 2.05) is 26.0 Å². The number of hydrogen-bond acceptors (Lipinski definition) is 5. The average Bonchev–Trinajstić information content (AvgIpc) is 2.92. The van der Waals surface area contributed by atoms with Gasteiger partial charge in [-0.25, -0.2) is 4.79 Å². The van der Waals surface area contributed by atoms with Crippen molar-refractivity contribution < 1.29 is 23.9 Å². The second kappa shape index (κ2) is 7.60. The third kappa shape index (κ3) is 3.49. The van der Waals surface area contributed by atoms with Crippen LogP contribution in [0.3, 0.4) is 0 Å². The van der Waals surface area contributed by atoms with Gasteiger partial charge >= 0.3 is 5.97 Å². The average molecular weight is 377 g/mol. The lowest BCUT2D eigenvalue weighted by molar-refractivity contribution is 0.0474. The molecule has 2 amide bonds. The summed E-state index contributed by atoms with van der Waals surface area (Å²) in [6.07, 6.45) is 1.45. The van der Waals surface area contributed by atoms with Crippen LogP contribution in [0, 0.1) is 13.8 Å². The lowest BCUT2D eigenvalue weighted by atomic mass is 10.0. The number of esters is 1. The number of ether oxygens (including phenoxy) is 1. The minimum absolute atomic E-state index is 0.0937. The molecule has 1 heterocycles. The SMILES string of the molecule is C=CCN1C(=O)c2ccc(C(=O)OCC(=O)c3cc(C)ccc3C)cc2C1=O. The van der Waals surface area contributed by atoms with Gasteiger partial charge in [0.05, 0.1) is 16.7 Å². The van der Waals surface area contributed by atoms with Crippen LogP contribution in [0.15, 0.2) is 49.1 Å². The van der Waals surface area contributed by atoms with Crippen molar-refractivity contribution in [2.24, 2.45) is 0 Å². The van der Waals surface area contributed by atoms with Gasteiger partial charge in [0.15, 0.2) is 6.61 Å². The third-order valence-electron chi connectivity index (χ3n) is 4.55. The second-order valence-electron chi connectivity index (χ2n) is 6.59. The van der Waals surface area contributed by atoms with Crippen LogP contribution in [0.4, 0.5) is 0 Å². The first kappa shape index (κ1) is 19.2. The zero-order valence-electron chi connectivity index (χ0n) is 15.7. The molecule has 28 heavy (non-hydrogen) atoms. The molecule has 0 aromatic heterocycles. The fourth-order valence-electron chi connectivity index (χ4n) is 3.04. The van der Waals surface area contributed by atoms with Gasteiger partial charge in [-0.1, -0.05) is 23.8 Å². The maximum absolute atomic E-state index is 12.4. The van der Waals surface area contributed by atoms with Gasteiger partial charge in [0, 0.05) is 12.1 Å². The van der Waals surface area contributed by atoms with Crippen LogP contribution >= 0.6 is 0 Å². The molecule has 0 saturated heterocycles. The predicted molar refractivity (Wildman–Crippen MR) is 103 cm³/mol. The number of aryl methyl sites for hydroxylation is 2. The molecule has 0 bridgehead atoms. The van der Waals surface area contributed by atoms with Crippen LogP contribution in [-0.2, 0) is 4.74 Å². The van der Waals surface area contributed by atoms with E-state index >= 15 is 0 Å². The lowest BCUT2D eigenvalue weighted by Gasteiger charge is -2.09. The molecule has 0 unspecified atom stereocenters. The van der Waals surface area contributed by atoms with E-state index in [2.05, 4.69) is 6.58 Å². The molecule has 0 fully saturated rings. The molecular formula is C22H19NO5. The van der Waals surface area contributed by atoms with E-state index in [4.69, 9.17) is 4.74 Å². The number of hydrogen-bond donors (Lipinski definition) is 0. The normalized spacial score (nSPS) is 12.7. The van der Waals surface area contributed by atoms with E-state index < -0.39 is 24.4 Å². The standard InChI is InChI=1S/C22H19NO5/c1-4-9-23-20(25)16-8-7-15(11-18(16)21(23)26)22(27)28-12-19(24)17-10-13(2)5-6-14(17)3/h4-8,10-11H,1,9,12H2,2-3H3. The van der Waals surface area contributed by atoms with E-state index in [1.54, 1.807) is 6.07 Å². The number of rotatable bonds is 6. The molecule has 6 heteroatoms.